The summed E-state index contributed by atoms with van der Waals surface area (Å²) in [6, 6.07) is 8.57. The first-order chi connectivity index (χ1) is 9.11. The number of rotatable bonds is 6. The van der Waals surface area contributed by atoms with Gasteiger partial charge in [-0.2, -0.15) is 5.10 Å². The number of nitrogens with zero attached hydrogens (tertiary/aromatic N) is 3. The van der Waals surface area contributed by atoms with Gasteiger partial charge in [0, 0.05) is 24.4 Å². The molecule has 0 aliphatic heterocycles. The third-order valence-electron chi connectivity index (χ3n) is 3.44. The van der Waals surface area contributed by atoms with Crippen LogP contribution in [0.25, 0.3) is 10.9 Å². The van der Waals surface area contributed by atoms with Crippen molar-refractivity contribution in [1.82, 2.24) is 14.7 Å². The molecule has 104 valence electrons. The Morgan fingerprint density at radius 3 is 2.74 bits per heavy atom. The molecule has 0 spiro atoms. The first-order valence-electron chi connectivity index (χ1n) is 6.96. The van der Waals surface area contributed by atoms with Crippen LogP contribution in [-0.2, 0) is 13.0 Å². The summed E-state index contributed by atoms with van der Waals surface area (Å²) in [6.07, 6.45) is 1.85. The van der Waals surface area contributed by atoms with E-state index in [0.717, 1.165) is 31.6 Å². The zero-order chi connectivity index (χ0) is 13.8. The van der Waals surface area contributed by atoms with Gasteiger partial charge in [0.1, 0.15) is 0 Å². The molecule has 0 aliphatic carbocycles. The third kappa shape index (κ3) is 3.33. The molecule has 2 N–H and O–H groups in total. The first-order valence-corrected chi connectivity index (χ1v) is 6.96. The van der Waals surface area contributed by atoms with Crippen LogP contribution in [0.15, 0.2) is 24.3 Å². The molecule has 0 saturated carbocycles. The summed E-state index contributed by atoms with van der Waals surface area (Å²) >= 11 is 0. The molecule has 1 heterocycles. The van der Waals surface area contributed by atoms with Crippen LogP contribution in [0.3, 0.4) is 0 Å². The Labute approximate surface area is 115 Å². The summed E-state index contributed by atoms with van der Waals surface area (Å²) in [7, 11) is 4.15. The van der Waals surface area contributed by atoms with E-state index in [1.807, 2.05) is 0 Å². The smallest absolute Gasteiger partial charge is 0.0718 e. The maximum atomic E-state index is 6.22. The van der Waals surface area contributed by atoms with Crippen LogP contribution < -0.4 is 5.73 Å². The minimum atomic E-state index is 0.172. The molecule has 19 heavy (non-hydrogen) atoms. The Morgan fingerprint density at radius 2 is 2.05 bits per heavy atom. The number of hydrogen-bond donors (Lipinski definition) is 1. The van der Waals surface area contributed by atoms with Gasteiger partial charge in [-0.05, 0) is 40.1 Å². The van der Waals surface area contributed by atoms with Crippen LogP contribution in [0, 0.1) is 0 Å². The van der Waals surface area contributed by atoms with E-state index < -0.39 is 0 Å². The van der Waals surface area contributed by atoms with Crippen LogP contribution in [0.5, 0.6) is 0 Å². The van der Waals surface area contributed by atoms with E-state index in [-0.39, 0.29) is 6.04 Å². The lowest BCUT2D eigenvalue weighted by atomic mass is 10.1. The van der Waals surface area contributed by atoms with Gasteiger partial charge in [0.25, 0.3) is 0 Å². The highest BCUT2D eigenvalue weighted by atomic mass is 15.3. The Hall–Kier alpha value is -1.39. The summed E-state index contributed by atoms with van der Waals surface area (Å²) in [5.74, 6) is 0. The molecule has 0 bridgehead atoms. The molecule has 4 heteroatoms. The van der Waals surface area contributed by atoms with Crippen molar-refractivity contribution < 1.29 is 0 Å². The van der Waals surface area contributed by atoms with Crippen LogP contribution in [-0.4, -0.2) is 41.4 Å². The van der Waals surface area contributed by atoms with Gasteiger partial charge in [-0.1, -0.05) is 18.2 Å². The van der Waals surface area contributed by atoms with Crippen molar-refractivity contribution in [3.05, 3.63) is 30.0 Å². The molecule has 1 aromatic heterocycles. The van der Waals surface area contributed by atoms with Gasteiger partial charge in [0.15, 0.2) is 0 Å². The summed E-state index contributed by atoms with van der Waals surface area (Å²) < 4.78 is 2.06. The second kappa shape index (κ2) is 6.17. The van der Waals surface area contributed by atoms with Gasteiger partial charge < -0.3 is 10.6 Å². The Bertz CT molecular complexity index is 530. The molecular formula is C15H24N4. The molecule has 0 saturated heterocycles. The largest absolute Gasteiger partial charge is 0.327 e. The van der Waals surface area contributed by atoms with Crippen molar-refractivity contribution in [2.75, 3.05) is 20.6 Å². The molecule has 4 nitrogen and oxygen atoms in total. The number of aryl methyl sites for hydroxylation is 1. The summed E-state index contributed by atoms with van der Waals surface area (Å²) in [4.78, 5) is 2.17. The number of fused-ring (bicyclic) bond motifs is 1. The van der Waals surface area contributed by atoms with Crippen molar-refractivity contribution in [3.8, 4) is 0 Å². The van der Waals surface area contributed by atoms with E-state index in [2.05, 4.69) is 54.9 Å². The third-order valence-corrected chi connectivity index (χ3v) is 3.44. The van der Waals surface area contributed by atoms with Crippen molar-refractivity contribution in [3.63, 3.8) is 0 Å². The second-order valence-corrected chi connectivity index (χ2v) is 5.34. The van der Waals surface area contributed by atoms with E-state index >= 15 is 0 Å². The molecule has 2 aromatic rings. The zero-order valence-electron chi connectivity index (χ0n) is 12.1. The van der Waals surface area contributed by atoms with Crippen LogP contribution in [0.1, 0.15) is 19.0 Å². The van der Waals surface area contributed by atoms with Gasteiger partial charge in [0.05, 0.1) is 11.2 Å². The Balaban J connectivity index is 2.16. The predicted molar refractivity (Wildman–Crippen MR) is 80.3 cm³/mol. The highest BCUT2D eigenvalue weighted by Crippen LogP contribution is 2.19. The molecular weight excluding hydrogens is 236 g/mol. The van der Waals surface area contributed by atoms with Crippen LogP contribution in [0.2, 0.25) is 0 Å². The lowest BCUT2D eigenvalue weighted by Gasteiger charge is -2.14. The maximum Gasteiger partial charge on any atom is 0.0718 e. The zero-order valence-corrected chi connectivity index (χ0v) is 12.1. The highest BCUT2D eigenvalue weighted by Gasteiger charge is 2.12. The molecule has 1 aromatic carbocycles. The molecule has 0 amide bonds. The van der Waals surface area contributed by atoms with Gasteiger partial charge in [-0.15, -0.1) is 0 Å². The van der Waals surface area contributed by atoms with Crippen molar-refractivity contribution in [2.24, 2.45) is 5.73 Å². The highest BCUT2D eigenvalue weighted by molar-refractivity contribution is 5.82. The molecule has 1 atom stereocenters. The van der Waals surface area contributed by atoms with Crippen LogP contribution in [0.4, 0.5) is 0 Å². The van der Waals surface area contributed by atoms with Crippen molar-refractivity contribution >= 4 is 10.9 Å². The lowest BCUT2D eigenvalue weighted by molar-refractivity contribution is 0.379. The standard InChI is InChI=1S/C15H24N4/c1-4-19-15-8-6-5-7-13(15)14(17-19)11-12(16)9-10-18(2)3/h5-8,12H,4,9-11,16H2,1-3H3. The Morgan fingerprint density at radius 1 is 1.32 bits per heavy atom. The molecule has 0 radical (unpaired) electrons. The van der Waals surface area contributed by atoms with E-state index in [1.54, 1.807) is 0 Å². The minimum Gasteiger partial charge on any atom is -0.327 e. The lowest BCUT2D eigenvalue weighted by Crippen LogP contribution is -2.28. The SMILES string of the molecule is CCn1nc(CC(N)CCN(C)C)c2ccccc21. The number of aromatic nitrogens is 2. The normalized spacial score (nSPS) is 13.3. The van der Waals surface area contributed by atoms with E-state index in [1.165, 1.54) is 10.9 Å². The average Bonchev–Trinajstić information content (AvgIpc) is 2.75. The Kier molecular flexibility index (Phi) is 4.56. The molecule has 0 aliphatic rings. The quantitative estimate of drug-likeness (QED) is 0.862. The van der Waals surface area contributed by atoms with Crippen molar-refractivity contribution in [1.29, 1.82) is 0 Å². The molecule has 1 unspecified atom stereocenters. The van der Waals surface area contributed by atoms with E-state index in [0.29, 0.717) is 0 Å². The number of hydrogen-bond acceptors (Lipinski definition) is 3. The van der Waals surface area contributed by atoms with Gasteiger partial charge >= 0.3 is 0 Å². The average molecular weight is 260 g/mol. The fourth-order valence-corrected chi connectivity index (χ4v) is 2.36. The second-order valence-electron chi connectivity index (χ2n) is 5.34. The minimum absolute atomic E-state index is 0.172. The summed E-state index contributed by atoms with van der Waals surface area (Å²) in [6.45, 7) is 4.04. The van der Waals surface area contributed by atoms with Gasteiger partial charge in [-0.25, -0.2) is 0 Å². The topological polar surface area (TPSA) is 47.1 Å². The molecule has 0 fully saturated rings. The number of para-hydroxylation sites is 1. The summed E-state index contributed by atoms with van der Waals surface area (Å²) in [5, 5.41) is 5.94. The fraction of sp³-hybridized carbons (Fsp3) is 0.533. The van der Waals surface area contributed by atoms with Gasteiger partial charge in [-0.3, -0.25) is 4.68 Å². The van der Waals surface area contributed by atoms with Gasteiger partial charge in [0.2, 0.25) is 0 Å². The van der Waals surface area contributed by atoms with Crippen LogP contribution >= 0.6 is 0 Å². The summed E-state index contributed by atoms with van der Waals surface area (Å²) in [5.41, 5.74) is 8.56. The monoisotopic (exact) mass is 260 g/mol. The molecule has 2 rings (SSSR count). The van der Waals surface area contributed by atoms with Crippen molar-refractivity contribution in [2.45, 2.75) is 32.4 Å². The maximum absolute atomic E-state index is 6.22. The predicted octanol–water partition coefficient (Wildman–Crippen LogP) is 1.88. The van der Waals surface area contributed by atoms with E-state index in [4.69, 9.17) is 10.8 Å². The number of nitrogens with two attached hydrogens (primary N) is 1. The van der Waals surface area contributed by atoms with E-state index in [9.17, 15) is 0 Å². The fourth-order valence-electron chi connectivity index (χ4n) is 2.36. The first kappa shape index (κ1) is 14.0. The number of benzene rings is 1.